The first-order chi connectivity index (χ1) is 7.25. The van der Waals surface area contributed by atoms with E-state index < -0.39 is 0 Å². The van der Waals surface area contributed by atoms with Gasteiger partial charge in [-0.15, -0.1) is 0 Å². The summed E-state index contributed by atoms with van der Waals surface area (Å²) in [4.78, 5) is 4.38. The van der Waals surface area contributed by atoms with Crippen molar-refractivity contribution < 1.29 is 4.74 Å². The number of hydrogen-bond donors (Lipinski definition) is 0. The summed E-state index contributed by atoms with van der Waals surface area (Å²) in [6.45, 7) is 2.86. The van der Waals surface area contributed by atoms with Gasteiger partial charge in [-0.3, -0.25) is 0 Å². The standard InChI is InChI=1S/C12H16INO/c1-9-6-7-11(12(13)14-9)15-8-10-4-2-3-5-10/h6-7,10H,2-5,8H2,1H3. The molecule has 15 heavy (non-hydrogen) atoms. The summed E-state index contributed by atoms with van der Waals surface area (Å²) in [6, 6.07) is 4.03. The molecule has 1 aliphatic carbocycles. The minimum Gasteiger partial charge on any atom is -0.491 e. The summed E-state index contributed by atoms with van der Waals surface area (Å²) in [5.41, 5.74) is 1.05. The second kappa shape index (κ2) is 5.14. The Morgan fingerprint density at radius 3 is 2.80 bits per heavy atom. The Balaban J connectivity index is 1.92. The quantitative estimate of drug-likeness (QED) is 0.628. The third kappa shape index (κ3) is 3.06. The van der Waals surface area contributed by atoms with E-state index in [1.165, 1.54) is 25.7 Å². The molecule has 1 aromatic rings. The molecule has 2 rings (SSSR count). The minimum atomic E-state index is 0.766. The van der Waals surface area contributed by atoms with Crippen LogP contribution < -0.4 is 4.74 Å². The number of ether oxygens (including phenoxy) is 1. The van der Waals surface area contributed by atoms with Gasteiger partial charge in [0.05, 0.1) is 6.61 Å². The normalized spacial score (nSPS) is 16.9. The van der Waals surface area contributed by atoms with Crippen LogP contribution in [0.15, 0.2) is 12.1 Å². The number of nitrogens with zero attached hydrogens (tertiary/aromatic N) is 1. The molecule has 1 aromatic heterocycles. The van der Waals surface area contributed by atoms with Gasteiger partial charge in [0.1, 0.15) is 3.70 Å². The third-order valence-electron chi connectivity index (χ3n) is 2.90. The van der Waals surface area contributed by atoms with Crippen molar-refractivity contribution in [2.24, 2.45) is 5.92 Å². The first-order valence-corrected chi connectivity index (χ1v) is 6.59. The summed E-state index contributed by atoms with van der Waals surface area (Å²) in [6.07, 6.45) is 5.40. The number of pyridine rings is 1. The molecule has 1 saturated carbocycles. The predicted octanol–water partition coefficient (Wildman–Crippen LogP) is 3.56. The van der Waals surface area contributed by atoms with Crippen molar-refractivity contribution >= 4 is 22.6 Å². The predicted molar refractivity (Wildman–Crippen MR) is 69.1 cm³/mol. The zero-order valence-corrected chi connectivity index (χ0v) is 11.2. The van der Waals surface area contributed by atoms with Crippen molar-refractivity contribution in [3.63, 3.8) is 0 Å². The number of aryl methyl sites for hydroxylation is 1. The number of halogens is 1. The number of rotatable bonds is 3. The van der Waals surface area contributed by atoms with Crippen molar-refractivity contribution in [3.05, 3.63) is 21.5 Å². The van der Waals surface area contributed by atoms with Gasteiger partial charge in [-0.25, -0.2) is 4.98 Å². The van der Waals surface area contributed by atoms with E-state index in [1.807, 2.05) is 19.1 Å². The van der Waals surface area contributed by atoms with Crippen LogP contribution in [0.25, 0.3) is 0 Å². The van der Waals surface area contributed by atoms with Crippen LogP contribution in [0.5, 0.6) is 5.75 Å². The van der Waals surface area contributed by atoms with Crippen molar-refractivity contribution in [1.82, 2.24) is 4.98 Å². The molecule has 0 saturated heterocycles. The Labute approximate surface area is 105 Å². The van der Waals surface area contributed by atoms with Gasteiger partial charge in [-0.1, -0.05) is 12.8 Å². The Kier molecular flexibility index (Phi) is 3.83. The molecule has 0 radical (unpaired) electrons. The molecule has 0 aromatic carbocycles. The second-order valence-electron chi connectivity index (χ2n) is 4.20. The molecular weight excluding hydrogens is 301 g/mol. The van der Waals surface area contributed by atoms with Crippen LogP contribution in [0, 0.1) is 16.5 Å². The summed E-state index contributed by atoms with van der Waals surface area (Å²) in [5, 5.41) is 0. The highest BCUT2D eigenvalue weighted by Crippen LogP contribution is 2.26. The van der Waals surface area contributed by atoms with Crippen LogP contribution in [0.2, 0.25) is 0 Å². The Morgan fingerprint density at radius 2 is 2.13 bits per heavy atom. The number of aromatic nitrogens is 1. The maximum atomic E-state index is 5.81. The summed E-state index contributed by atoms with van der Waals surface area (Å²) in [7, 11) is 0. The fourth-order valence-corrected chi connectivity index (χ4v) is 2.72. The van der Waals surface area contributed by atoms with E-state index >= 15 is 0 Å². The molecular formula is C12H16INO. The highest BCUT2D eigenvalue weighted by Gasteiger charge is 2.16. The van der Waals surface area contributed by atoms with Gasteiger partial charge in [0, 0.05) is 5.69 Å². The lowest BCUT2D eigenvalue weighted by atomic mass is 10.1. The van der Waals surface area contributed by atoms with Crippen LogP contribution in [0.4, 0.5) is 0 Å². The Morgan fingerprint density at radius 1 is 1.40 bits per heavy atom. The summed E-state index contributed by atoms with van der Waals surface area (Å²) < 4.78 is 6.78. The van der Waals surface area contributed by atoms with Gasteiger partial charge >= 0.3 is 0 Å². The van der Waals surface area contributed by atoms with Gasteiger partial charge in [0.25, 0.3) is 0 Å². The van der Waals surface area contributed by atoms with Gasteiger partial charge in [0.15, 0.2) is 5.75 Å². The molecule has 82 valence electrons. The van der Waals surface area contributed by atoms with E-state index in [1.54, 1.807) is 0 Å². The molecule has 0 atom stereocenters. The molecule has 0 amide bonds. The first kappa shape index (κ1) is 11.2. The van der Waals surface area contributed by atoms with Crippen molar-refractivity contribution in [1.29, 1.82) is 0 Å². The van der Waals surface area contributed by atoms with Crippen LogP contribution in [0.3, 0.4) is 0 Å². The van der Waals surface area contributed by atoms with Gasteiger partial charge in [0.2, 0.25) is 0 Å². The first-order valence-electron chi connectivity index (χ1n) is 5.51. The van der Waals surface area contributed by atoms with E-state index in [2.05, 4.69) is 27.6 Å². The molecule has 1 fully saturated rings. The highest BCUT2D eigenvalue weighted by atomic mass is 127. The van der Waals surface area contributed by atoms with Crippen LogP contribution in [-0.2, 0) is 0 Å². The summed E-state index contributed by atoms with van der Waals surface area (Å²) in [5.74, 6) is 1.70. The van der Waals surface area contributed by atoms with Crippen LogP contribution in [-0.4, -0.2) is 11.6 Å². The van der Waals surface area contributed by atoms with E-state index in [4.69, 9.17) is 4.74 Å². The smallest absolute Gasteiger partial charge is 0.151 e. The molecule has 0 aliphatic heterocycles. The van der Waals surface area contributed by atoms with Crippen LogP contribution >= 0.6 is 22.6 Å². The van der Waals surface area contributed by atoms with E-state index in [0.29, 0.717) is 0 Å². The fourth-order valence-electron chi connectivity index (χ4n) is 2.00. The van der Waals surface area contributed by atoms with Crippen LogP contribution in [0.1, 0.15) is 31.4 Å². The summed E-state index contributed by atoms with van der Waals surface area (Å²) >= 11 is 2.24. The third-order valence-corrected chi connectivity index (χ3v) is 3.68. The molecule has 3 heteroatoms. The highest BCUT2D eigenvalue weighted by molar-refractivity contribution is 14.1. The molecule has 0 N–H and O–H groups in total. The molecule has 1 heterocycles. The van der Waals surface area contributed by atoms with Gasteiger partial charge in [-0.2, -0.15) is 0 Å². The average Bonchev–Trinajstić information content (AvgIpc) is 2.69. The van der Waals surface area contributed by atoms with Crippen molar-refractivity contribution in [2.45, 2.75) is 32.6 Å². The maximum absolute atomic E-state index is 5.81. The van der Waals surface area contributed by atoms with E-state index in [-0.39, 0.29) is 0 Å². The van der Waals surface area contributed by atoms with Crippen molar-refractivity contribution in [2.75, 3.05) is 6.61 Å². The lowest BCUT2D eigenvalue weighted by molar-refractivity contribution is 0.249. The maximum Gasteiger partial charge on any atom is 0.151 e. The topological polar surface area (TPSA) is 22.1 Å². The zero-order chi connectivity index (χ0) is 10.7. The monoisotopic (exact) mass is 317 g/mol. The van der Waals surface area contributed by atoms with Crippen molar-refractivity contribution in [3.8, 4) is 5.75 Å². The largest absolute Gasteiger partial charge is 0.491 e. The minimum absolute atomic E-state index is 0.766. The SMILES string of the molecule is Cc1ccc(OCC2CCCC2)c(I)n1. The molecule has 1 aliphatic rings. The fraction of sp³-hybridized carbons (Fsp3) is 0.583. The van der Waals surface area contributed by atoms with E-state index in [9.17, 15) is 0 Å². The zero-order valence-electron chi connectivity index (χ0n) is 9.00. The van der Waals surface area contributed by atoms with Gasteiger partial charge in [-0.05, 0) is 60.4 Å². The molecule has 0 unspecified atom stereocenters. The Hall–Kier alpha value is -0.320. The second-order valence-corrected chi connectivity index (χ2v) is 5.22. The average molecular weight is 317 g/mol. The van der Waals surface area contributed by atoms with Gasteiger partial charge < -0.3 is 4.74 Å². The molecule has 0 spiro atoms. The Bertz CT molecular complexity index is 334. The number of hydrogen-bond acceptors (Lipinski definition) is 2. The lowest BCUT2D eigenvalue weighted by Crippen LogP contribution is -2.09. The molecule has 2 nitrogen and oxygen atoms in total. The lowest BCUT2D eigenvalue weighted by Gasteiger charge is -2.12. The van der Waals surface area contributed by atoms with E-state index in [0.717, 1.165) is 27.7 Å². The molecule has 0 bridgehead atoms.